The number of aryl methyl sites for hydroxylation is 1. The van der Waals surface area contributed by atoms with Gasteiger partial charge < -0.3 is 10.5 Å². The van der Waals surface area contributed by atoms with E-state index in [-0.39, 0.29) is 0 Å². The van der Waals surface area contributed by atoms with E-state index in [9.17, 15) is 0 Å². The fraction of sp³-hybridized carbons (Fsp3) is 0.462. The fourth-order valence-corrected chi connectivity index (χ4v) is 2.68. The molecule has 1 aromatic carbocycles. The lowest BCUT2D eigenvalue weighted by Gasteiger charge is -2.09. The molecular formula is C13H19N5OS. The number of ether oxygens (including phenoxy) is 1. The van der Waals surface area contributed by atoms with E-state index < -0.39 is 0 Å². The minimum absolute atomic E-state index is 0.642. The minimum Gasteiger partial charge on any atom is -0.494 e. The van der Waals surface area contributed by atoms with E-state index in [0.29, 0.717) is 12.4 Å². The summed E-state index contributed by atoms with van der Waals surface area (Å²) in [6.45, 7) is 5.53. The molecule has 0 atom stereocenters. The smallest absolute Gasteiger partial charge is 0.161 e. The van der Waals surface area contributed by atoms with Gasteiger partial charge in [-0.15, -0.1) is 16.9 Å². The molecule has 6 nitrogen and oxygen atoms in total. The molecule has 0 radical (unpaired) electrons. The molecule has 2 rings (SSSR count). The molecule has 1 heterocycles. The van der Waals surface area contributed by atoms with E-state index in [1.54, 1.807) is 11.8 Å². The average Bonchev–Trinajstić information content (AvgIpc) is 2.88. The highest BCUT2D eigenvalue weighted by Gasteiger charge is 2.08. The molecule has 0 saturated carbocycles. The molecule has 0 aliphatic heterocycles. The van der Waals surface area contributed by atoms with E-state index in [2.05, 4.69) is 22.4 Å². The molecule has 0 bridgehead atoms. The van der Waals surface area contributed by atoms with Crippen LogP contribution < -0.4 is 10.5 Å². The molecule has 7 heteroatoms. The molecule has 0 amide bonds. The lowest BCUT2D eigenvalue weighted by atomic mass is 10.3. The Kier molecular flexibility index (Phi) is 5.23. The van der Waals surface area contributed by atoms with Gasteiger partial charge in [-0.1, -0.05) is 6.92 Å². The summed E-state index contributed by atoms with van der Waals surface area (Å²) in [7, 11) is 0. The Bertz CT molecular complexity index is 557. The Hall–Kier alpha value is -1.76. The zero-order valence-corrected chi connectivity index (χ0v) is 12.6. The highest BCUT2D eigenvalue weighted by Crippen LogP contribution is 2.31. The SMILES string of the molecule is CCCn1nnnc1CSc1cc(OCC)ccc1N. The third kappa shape index (κ3) is 3.63. The van der Waals surface area contributed by atoms with Crippen molar-refractivity contribution in [3.8, 4) is 5.75 Å². The summed E-state index contributed by atoms with van der Waals surface area (Å²) in [5, 5.41) is 11.7. The Morgan fingerprint density at radius 2 is 2.20 bits per heavy atom. The van der Waals surface area contributed by atoms with Crippen LogP contribution in [0.4, 0.5) is 5.69 Å². The first-order chi connectivity index (χ1) is 9.74. The van der Waals surface area contributed by atoms with Crippen LogP contribution in [0.2, 0.25) is 0 Å². The number of hydrogen-bond donors (Lipinski definition) is 1. The van der Waals surface area contributed by atoms with Crippen molar-refractivity contribution in [3.63, 3.8) is 0 Å². The number of nitrogen functional groups attached to an aromatic ring is 1. The van der Waals surface area contributed by atoms with Gasteiger partial charge in [0.05, 0.1) is 12.4 Å². The standard InChI is InChI=1S/C13H19N5OS/c1-3-7-18-13(15-16-17-18)9-20-12-8-10(19-4-2)5-6-11(12)14/h5-6,8H,3-4,7,9,14H2,1-2H3. The van der Waals surface area contributed by atoms with Gasteiger partial charge in [0, 0.05) is 17.1 Å². The normalized spacial score (nSPS) is 10.7. The molecule has 1 aromatic heterocycles. The number of rotatable bonds is 7. The number of hydrogen-bond acceptors (Lipinski definition) is 6. The van der Waals surface area contributed by atoms with E-state index in [0.717, 1.165) is 35.1 Å². The van der Waals surface area contributed by atoms with Gasteiger partial charge in [-0.2, -0.15) is 0 Å². The van der Waals surface area contributed by atoms with Gasteiger partial charge in [-0.05, 0) is 42.0 Å². The van der Waals surface area contributed by atoms with E-state index >= 15 is 0 Å². The summed E-state index contributed by atoms with van der Waals surface area (Å²) in [6, 6.07) is 5.70. The van der Waals surface area contributed by atoms with Crippen LogP contribution >= 0.6 is 11.8 Å². The molecule has 0 aliphatic carbocycles. The molecule has 108 valence electrons. The molecular weight excluding hydrogens is 274 g/mol. The number of tetrazole rings is 1. The predicted molar refractivity (Wildman–Crippen MR) is 79.7 cm³/mol. The van der Waals surface area contributed by atoms with Crippen molar-refractivity contribution in [2.24, 2.45) is 0 Å². The minimum atomic E-state index is 0.642. The third-order valence-corrected chi connectivity index (χ3v) is 3.76. The summed E-state index contributed by atoms with van der Waals surface area (Å²) >= 11 is 1.62. The van der Waals surface area contributed by atoms with Crippen molar-refractivity contribution in [2.75, 3.05) is 12.3 Å². The second-order valence-electron chi connectivity index (χ2n) is 4.24. The Morgan fingerprint density at radius 3 is 2.95 bits per heavy atom. The number of benzene rings is 1. The quantitative estimate of drug-likeness (QED) is 0.623. The van der Waals surface area contributed by atoms with Gasteiger partial charge in [0.15, 0.2) is 5.82 Å². The monoisotopic (exact) mass is 293 g/mol. The highest BCUT2D eigenvalue weighted by atomic mass is 32.2. The number of anilines is 1. The summed E-state index contributed by atoms with van der Waals surface area (Å²) in [5.41, 5.74) is 6.73. The van der Waals surface area contributed by atoms with Gasteiger partial charge in [-0.25, -0.2) is 4.68 Å². The highest BCUT2D eigenvalue weighted by molar-refractivity contribution is 7.98. The Labute approximate surface area is 122 Å². The van der Waals surface area contributed by atoms with E-state index in [1.165, 1.54) is 0 Å². The van der Waals surface area contributed by atoms with Crippen molar-refractivity contribution in [2.45, 2.75) is 37.5 Å². The molecule has 0 spiro atoms. The lowest BCUT2D eigenvalue weighted by Crippen LogP contribution is -2.04. The zero-order chi connectivity index (χ0) is 14.4. The molecule has 2 aromatic rings. The van der Waals surface area contributed by atoms with Crippen LogP contribution in [0, 0.1) is 0 Å². The van der Waals surface area contributed by atoms with Crippen LogP contribution in [0.3, 0.4) is 0 Å². The van der Waals surface area contributed by atoms with Crippen molar-refractivity contribution < 1.29 is 4.74 Å². The van der Waals surface area contributed by atoms with Crippen LogP contribution in [0.5, 0.6) is 5.75 Å². The molecule has 2 N–H and O–H groups in total. The summed E-state index contributed by atoms with van der Waals surface area (Å²) in [4.78, 5) is 0.988. The van der Waals surface area contributed by atoms with Gasteiger partial charge in [0.2, 0.25) is 0 Å². The van der Waals surface area contributed by atoms with Gasteiger partial charge in [0.25, 0.3) is 0 Å². The maximum Gasteiger partial charge on any atom is 0.161 e. The summed E-state index contributed by atoms with van der Waals surface area (Å²) in [5.74, 6) is 2.38. The topological polar surface area (TPSA) is 78.8 Å². The maximum atomic E-state index is 5.99. The summed E-state index contributed by atoms with van der Waals surface area (Å²) < 4.78 is 7.32. The predicted octanol–water partition coefficient (Wildman–Crippen LogP) is 2.36. The summed E-state index contributed by atoms with van der Waals surface area (Å²) in [6.07, 6.45) is 1.00. The second-order valence-corrected chi connectivity index (χ2v) is 5.26. The fourth-order valence-electron chi connectivity index (χ4n) is 1.75. The number of nitrogens with zero attached hydrogens (tertiary/aromatic N) is 4. The van der Waals surface area contributed by atoms with E-state index in [4.69, 9.17) is 10.5 Å². The van der Waals surface area contributed by atoms with Crippen molar-refractivity contribution >= 4 is 17.4 Å². The van der Waals surface area contributed by atoms with Gasteiger partial charge >= 0.3 is 0 Å². The Balaban J connectivity index is 2.06. The number of nitrogens with two attached hydrogens (primary N) is 1. The number of aromatic nitrogens is 4. The van der Waals surface area contributed by atoms with Crippen molar-refractivity contribution in [1.29, 1.82) is 0 Å². The van der Waals surface area contributed by atoms with Gasteiger partial charge in [-0.3, -0.25) is 0 Å². The van der Waals surface area contributed by atoms with Crippen LogP contribution in [-0.4, -0.2) is 26.8 Å². The second kappa shape index (κ2) is 7.14. The molecule has 0 unspecified atom stereocenters. The van der Waals surface area contributed by atoms with Crippen molar-refractivity contribution in [1.82, 2.24) is 20.2 Å². The molecule has 0 fully saturated rings. The average molecular weight is 293 g/mol. The van der Waals surface area contributed by atoms with Gasteiger partial charge in [0.1, 0.15) is 5.75 Å². The van der Waals surface area contributed by atoms with Crippen LogP contribution in [0.25, 0.3) is 0 Å². The first kappa shape index (κ1) is 14.6. The Morgan fingerprint density at radius 1 is 1.35 bits per heavy atom. The third-order valence-electron chi connectivity index (χ3n) is 2.69. The zero-order valence-electron chi connectivity index (χ0n) is 11.7. The first-order valence-corrected chi connectivity index (χ1v) is 7.63. The van der Waals surface area contributed by atoms with E-state index in [1.807, 2.05) is 29.8 Å². The molecule has 0 saturated heterocycles. The maximum absolute atomic E-state index is 5.99. The molecule has 20 heavy (non-hydrogen) atoms. The number of thioether (sulfide) groups is 1. The van der Waals surface area contributed by atoms with Crippen molar-refractivity contribution in [3.05, 3.63) is 24.0 Å². The van der Waals surface area contributed by atoms with Crippen LogP contribution in [-0.2, 0) is 12.3 Å². The van der Waals surface area contributed by atoms with Crippen LogP contribution in [0.1, 0.15) is 26.1 Å². The molecule has 0 aliphatic rings. The largest absolute Gasteiger partial charge is 0.494 e. The first-order valence-electron chi connectivity index (χ1n) is 6.64. The lowest BCUT2D eigenvalue weighted by molar-refractivity contribution is 0.339. The van der Waals surface area contributed by atoms with Crippen LogP contribution in [0.15, 0.2) is 23.1 Å².